The van der Waals surface area contributed by atoms with E-state index in [1.165, 1.54) is 24.5 Å². The Bertz CT molecular complexity index is 636. The summed E-state index contributed by atoms with van der Waals surface area (Å²) in [5, 5.41) is 2.79. The van der Waals surface area contributed by atoms with Gasteiger partial charge in [-0.15, -0.1) is 0 Å². The Kier molecular flexibility index (Phi) is 3.78. The minimum atomic E-state index is -0.381. The summed E-state index contributed by atoms with van der Waals surface area (Å²) in [4.78, 5) is 29.0. The topological polar surface area (TPSA) is 74.8 Å². The highest BCUT2D eigenvalue weighted by atomic mass is 79.9. The Morgan fingerprint density at radius 3 is 2.89 bits per heavy atom. The third-order valence-electron chi connectivity index (χ3n) is 2.10. The van der Waals surface area contributed by atoms with Crippen molar-refractivity contribution in [1.29, 1.82) is 0 Å². The number of hydrogen-bond acceptors (Lipinski definition) is 3. The number of hydrogen-bond donors (Lipinski definition) is 2. The van der Waals surface area contributed by atoms with Crippen LogP contribution >= 0.6 is 27.5 Å². The van der Waals surface area contributed by atoms with Gasteiger partial charge in [0.2, 0.25) is 5.56 Å². The summed E-state index contributed by atoms with van der Waals surface area (Å²) in [5.74, 6) is -0.381. The van der Waals surface area contributed by atoms with Crippen LogP contribution in [0.2, 0.25) is 5.15 Å². The highest BCUT2D eigenvalue weighted by molar-refractivity contribution is 9.10. The Morgan fingerprint density at radius 2 is 2.22 bits per heavy atom. The van der Waals surface area contributed by atoms with Gasteiger partial charge in [0.15, 0.2) is 5.15 Å². The molecule has 92 valence electrons. The van der Waals surface area contributed by atoms with Crippen molar-refractivity contribution in [1.82, 2.24) is 9.97 Å². The van der Waals surface area contributed by atoms with Crippen molar-refractivity contribution >= 4 is 39.1 Å². The number of halogens is 2. The SMILES string of the molecule is O=C(Nc1cc(Br)cnc1Cl)c1ccc(=O)[nH]c1. The molecule has 0 fully saturated rings. The average Bonchev–Trinajstić information content (AvgIpc) is 2.34. The second kappa shape index (κ2) is 5.32. The molecule has 0 aliphatic rings. The lowest BCUT2D eigenvalue weighted by Gasteiger charge is -2.06. The van der Waals surface area contributed by atoms with Crippen molar-refractivity contribution in [3.63, 3.8) is 0 Å². The molecule has 0 saturated heterocycles. The first-order valence-electron chi connectivity index (χ1n) is 4.87. The lowest BCUT2D eigenvalue weighted by atomic mass is 10.2. The summed E-state index contributed by atoms with van der Waals surface area (Å²) in [6.45, 7) is 0. The van der Waals surface area contributed by atoms with Gasteiger partial charge in [0.05, 0.1) is 11.3 Å². The molecular formula is C11H7BrClN3O2. The maximum atomic E-state index is 11.9. The second-order valence-electron chi connectivity index (χ2n) is 3.39. The number of nitrogens with zero attached hydrogens (tertiary/aromatic N) is 1. The van der Waals surface area contributed by atoms with Gasteiger partial charge in [-0.1, -0.05) is 11.6 Å². The van der Waals surface area contributed by atoms with Crippen molar-refractivity contribution in [3.8, 4) is 0 Å². The number of amides is 1. The first kappa shape index (κ1) is 12.8. The van der Waals surface area contributed by atoms with Crippen LogP contribution in [-0.2, 0) is 0 Å². The van der Waals surface area contributed by atoms with Gasteiger partial charge in [-0.05, 0) is 28.1 Å². The van der Waals surface area contributed by atoms with Gasteiger partial charge in [-0.25, -0.2) is 4.98 Å². The predicted molar refractivity (Wildman–Crippen MR) is 72.0 cm³/mol. The molecular weight excluding hydrogens is 321 g/mol. The molecule has 0 bridgehead atoms. The Labute approximate surface area is 115 Å². The molecule has 0 saturated carbocycles. The van der Waals surface area contributed by atoms with Crippen LogP contribution in [0, 0.1) is 0 Å². The van der Waals surface area contributed by atoms with Crippen LogP contribution in [0.3, 0.4) is 0 Å². The Hall–Kier alpha value is -1.66. The van der Waals surface area contributed by atoms with E-state index in [4.69, 9.17) is 11.6 Å². The zero-order valence-electron chi connectivity index (χ0n) is 8.91. The molecule has 2 rings (SSSR count). The molecule has 2 aromatic heterocycles. The average molecular weight is 329 g/mol. The lowest BCUT2D eigenvalue weighted by molar-refractivity contribution is 0.102. The number of anilines is 1. The number of aromatic nitrogens is 2. The summed E-state index contributed by atoms with van der Waals surface area (Å²) in [6, 6.07) is 4.34. The van der Waals surface area contributed by atoms with Crippen molar-refractivity contribution < 1.29 is 4.79 Å². The van der Waals surface area contributed by atoms with Crippen LogP contribution in [0.4, 0.5) is 5.69 Å². The van der Waals surface area contributed by atoms with Crippen LogP contribution in [0.1, 0.15) is 10.4 Å². The van der Waals surface area contributed by atoms with Crippen LogP contribution in [0.15, 0.2) is 39.9 Å². The van der Waals surface area contributed by atoms with E-state index in [0.29, 0.717) is 15.7 Å². The van der Waals surface area contributed by atoms with Crippen LogP contribution in [0.25, 0.3) is 0 Å². The maximum Gasteiger partial charge on any atom is 0.257 e. The molecule has 18 heavy (non-hydrogen) atoms. The van der Waals surface area contributed by atoms with E-state index >= 15 is 0 Å². The van der Waals surface area contributed by atoms with E-state index in [9.17, 15) is 9.59 Å². The number of carbonyl (C=O) groups is 1. The number of rotatable bonds is 2. The Balaban J connectivity index is 2.23. The molecule has 0 aromatic carbocycles. The molecule has 0 atom stereocenters. The minimum absolute atomic E-state index is 0.191. The van der Waals surface area contributed by atoms with Crippen molar-refractivity contribution in [2.24, 2.45) is 0 Å². The summed E-state index contributed by atoms with van der Waals surface area (Å²) < 4.78 is 0.698. The standard InChI is InChI=1S/C11H7BrClN3O2/c12-7-3-8(10(13)15-5-7)16-11(18)6-1-2-9(17)14-4-6/h1-5H,(H,14,17)(H,16,18). The molecule has 0 spiro atoms. The summed E-state index contributed by atoms with van der Waals surface area (Å²) >= 11 is 9.08. The van der Waals surface area contributed by atoms with E-state index in [1.54, 1.807) is 6.07 Å². The quantitative estimate of drug-likeness (QED) is 0.832. The zero-order valence-corrected chi connectivity index (χ0v) is 11.2. The largest absolute Gasteiger partial charge is 0.328 e. The summed E-state index contributed by atoms with van der Waals surface area (Å²) in [7, 11) is 0. The zero-order chi connectivity index (χ0) is 13.1. The van der Waals surface area contributed by atoms with Gasteiger partial charge in [-0.2, -0.15) is 0 Å². The summed E-state index contributed by atoms with van der Waals surface area (Å²) in [6.07, 6.45) is 2.86. The van der Waals surface area contributed by atoms with E-state index in [0.717, 1.165) is 0 Å². The fourth-order valence-electron chi connectivity index (χ4n) is 1.26. The molecule has 2 aromatic rings. The van der Waals surface area contributed by atoms with Crippen molar-refractivity contribution in [2.45, 2.75) is 0 Å². The number of pyridine rings is 2. The number of nitrogens with one attached hydrogen (secondary N) is 2. The number of carbonyl (C=O) groups excluding carboxylic acids is 1. The fourth-order valence-corrected chi connectivity index (χ4v) is 1.74. The van der Waals surface area contributed by atoms with Gasteiger partial charge in [0.1, 0.15) is 0 Å². The maximum absolute atomic E-state index is 11.9. The van der Waals surface area contributed by atoms with Crippen LogP contribution in [-0.4, -0.2) is 15.9 Å². The van der Waals surface area contributed by atoms with Crippen molar-refractivity contribution in [3.05, 3.63) is 56.1 Å². The Morgan fingerprint density at radius 1 is 1.44 bits per heavy atom. The van der Waals surface area contributed by atoms with Gasteiger partial charge in [0.25, 0.3) is 5.91 Å². The molecule has 0 unspecified atom stereocenters. The molecule has 2 heterocycles. The van der Waals surface area contributed by atoms with Gasteiger partial charge in [0, 0.05) is 22.9 Å². The van der Waals surface area contributed by atoms with Crippen LogP contribution < -0.4 is 10.9 Å². The van der Waals surface area contributed by atoms with Gasteiger partial charge >= 0.3 is 0 Å². The molecule has 5 nitrogen and oxygen atoms in total. The fraction of sp³-hybridized carbons (Fsp3) is 0. The third-order valence-corrected chi connectivity index (χ3v) is 2.84. The van der Waals surface area contributed by atoms with Gasteiger partial charge in [-0.3, -0.25) is 9.59 Å². The second-order valence-corrected chi connectivity index (χ2v) is 4.66. The van der Waals surface area contributed by atoms with Crippen molar-refractivity contribution in [2.75, 3.05) is 5.32 Å². The van der Waals surface area contributed by atoms with E-state index in [2.05, 4.69) is 31.2 Å². The highest BCUT2D eigenvalue weighted by Crippen LogP contribution is 2.23. The minimum Gasteiger partial charge on any atom is -0.328 e. The van der Waals surface area contributed by atoms with E-state index in [1.807, 2.05) is 0 Å². The smallest absolute Gasteiger partial charge is 0.257 e. The van der Waals surface area contributed by atoms with E-state index < -0.39 is 0 Å². The molecule has 0 aliphatic carbocycles. The highest BCUT2D eigenvalue weighted by Gasteiger charge is 2.09. The molecule has 1 amide bonds. The molecule has 7 heteroatoms. The number of aromatic amines is 1. The normalized spacial score (nSPS) is 10.1. The van der Waals surface area contributed by atoms with E-state index in [-0.39, 0.29) is 16.6 Å². The molecule has 2 N–H and O–H groups in total. The first-order chi connectivity index (χ1) is 8.56. The molecule has 0 radical (unpaired) electrons. The monoisotopic (exact) mass is 327 g/mol. The predicted octanol–water partition coefficient (Wildman–Crippen LogP) is 2.44. The lowest BCUT2D eigenvalue weighted by Crippen LogP contribution is -2.15. The molecule has 0 aliphatic heterocycles. The number of H-pyrrole nitrogens is 1. The van der Waals surface area contributed by atoms with Gasteiger partial charge < -0.3 is 10.3 Å². The first-order valence-corrected chi connectivity index (χ1v) is 6.04. The third kappa shape index (κ3) is 2.96. The van der Waals surface area contributed by atoms with Crippen LogP contribution in [0.5, 0.6) is 0 Å². The summed E-state index contributed by atoms with van der Waals surface area (Å²) in [5.41, 5.74) is 0.446.